The number of guanidine groups is 2. The van der Waals surface area contributed by atoms with E-state index in [0.717, 1.165) is 56.2 Å². The first kappa shape index (κ1) is 50.5. The molecule has 0 unspecified atom stereocenters. The van der Waals surface area contributed by atoms with Crippen molar-refractivity contribution in [1.82, 2.24) is 35.2 Å². The number of benzene rings is 2. The van der Waals surface area contributed by atoms with Crippen LogP contribution in [0.15, 0.2) is 58.5 Å². The van der Waals surface area contributed by atoms with Crippen LogP contribution < -0.4 is 10.6 Å². The third kappa shape index (κ3) is 14.5. The van der Waals surface area contributed by atoms with Crippen molar-refractivity contribution in [2.24, 2.45) is 17.0 Å². The van der Waals surface area contributed by atoms with Gasteiger partial charge in [0.15, 0.2) is 11.6 Å². The highest BCUT2D eigenvalue weighted by Gasteiger charge is 2.28. The monoisotopic (exact) mass is 910 g/mol. The summed E-state index contributed by atoms with van der Waals surface area (Å²) >= 11 is 0. The first-order valence-corrected chi connectivity index (χ1v) is 22.2. The number of hydrogen-bond acceptors (Lipinski definition) is 10. The normalized spacial score (nSPS) is 15.4. The van der Waals surface area contributed by atoms with Gasteiger partial charge in [-0.2, -0.15) is 0 Å². The summed E-state index contributed by atoms with van der Waals surface area (Å²) in [6.45, 7) is 27.0. The molecule has 1 aromatic heterocycles. The molecular formula is C49H67N9O8. The Balaban J connectivity index is 1.30. The number of nitrogens with zero attached hydrogens (tertiary/aromatic N) is 7. The number of aromatic nitrogens is 3. The van der Waals surface area contributed by atoms with E-state index in [1.165, 1.54) is 0 Å². The Morgan fingerprint density at radius 2 is 0.909 bits per heavy atom. The SMILES string of the molecule is Cc1cc(C2=CCN(C(=NC(=O)OC(C)(C)C)NC(=O)OC(C)(C)C)CC2)ccc1-c1nnc(-c2ccc(C3=CCN(C(=NC(=O)OC(C)(C)C)NC(=O)OC(C)(C)C)CC3)cc2C)n1C. The molecule has 356 valence electrons. The second-order valence-electron chi connectivity index (χ2n) is 20.4. The predicted octanol–water partition coefficient (Wildman–Crippen LogP) is 9.58. The van der Waals surface area contributed by atoms with Crippen molar-refractivity contribution in [3.05, 3.63) is 70.8 Å². The number of rotatable bonds is 4. The van der Waals surface area contributed by atoms with Crippen LogP contribution in [0.2, 0.25) is 0 Å². The first-order chi connectivity index (χ1) is 30.5. The van der Waals surface area contributed by atoms with E-state index in [1.54, 1.807) is 83.1 Å². The lowest BCUT2D eigenvalue weighted by molar-refractivity contribution is 0.0536. The summed E-state index contributed by atoms with van der Waals surface area (Å²) in [5, 5.41) is 14.6. The molecule has 3 aromatic rings. The van der Waals surface area contributed by atoms with E-state index < -0.39 is 46.8 Å². The van der Waals surface area contributed by atoms with Gasteiger partial charge in [0.25, 0.3) is 0 Å². The molecule has 2 N–H and O–H groups in total. The topological polar surface area (TPSA) is 191 Å². The Morgan fingerprint density at radius 1 is 0.561 bits per heavy atom. The number of ether oxygens (including phenoxy) is 4. The maximum Gasteiger partial charge on any atom is 0.437 e. The number of aliphatic imine (C=N–C) groups is 2. The fraction of sp³-hybridized carbons (Fsp3) is 0.510. The van der Waals surface area contributed by atoms with Crippen molar-refractivity contribution in [2.45, 2.75) is 132 Å². The van der Waals surface area contributed by atoms with Gasteiger partial charge in [-0.25, -0.2) is 19.2 Å². The smallest absolute Gasteiger partial charge is 0.437 e. The van der Waals surface area contributed by atoms with Crippen molar-refractivity contribution in [3.8, 4) is 22.8 Å². The van der Waals surface area contributed by atoms with Gasteiger partial charge in [0.2, 0.25) is 11.9 Å². The highest BCUT2D eigenvalue weighted by Crippen LogP contribution is 2.33. The number of carbonyl (C=O) groups is 4. The summed E-state index contributed by atoms with van der Waals surface area (Å²) in [4.78, 5) is 62.6. The van der Waals surface area contributed by atoms with Gasteiger partial charge >= 0.3 is 24.4 Å². The average Bonchev–Trinajstić information content (AvgIpc) is 3.54. The number of carbonyl (C=O) groups excluding carboxylic acids is 4. The van der Waals surface area contributed by atoms with E-state index in [4.69, 9.17) is 18.9 Å². The van der Waals surface area contributed by atoms with Crippen LogP contribution in [0.25, 0.3) is 33.9 Å². The zero-order chi connectivity index (χ0) is 48.9. The van der Waals surface area contributed by atoms with Gasteiger partial charge in [-0.3, -0.25) is 10.6 Å². The third-order valence-corrected chi connectivity index (χ3v) is 9.98. The second kappa shape index (κ2) is 19.9. The molecule has 17 nitrogen and oxygen atoms in total. The molecule has 0 saturated carbocycles. The second-order valence-corrected chi connectivity index (χ2v) is 20.4. The van der Waals surface area contributed by atoms with Gasteiger partial charge in [0.05, 0.1) is 0 Å². The fourth-order valence-electron chi connectivity index (χ4n) is 7.16. The molecule has 4 amide bonds. The molecule has 3 heterocycles. The van der Waals surface area contributed by atoms with Crippen molar-refractivity contribution in [1.29, 1.82) is 0 Å². The molecule has 0 spiro atoms. The Labute approximate surface area is 388 Å². The van der Waals surface area contributed by atoms with E-state index in [-0.39, 0.29) is 11.9 Å². The molecule has 17 heteroatoms. The molecule has 2 aliphatic heterocycles. The van der Waals surface area contributed by atoms with E-state index in [9.17, 15) is 19.2 Å². The first-order valence-electron chi connectivity index (χ1n) is 22.2. The zero-order valence-corrected chi connectivity index (χ0v) is 41.3. The van der Waals surface area contributed by atoms with Crippen LogP contribution in [0.5, 0.6) is 0 Å². The van der Waals surface area contributed by atoms with Crippen LogP contribution in [0.1, 0.15) is 118 Å². The minimum atomic E-state index is -0.809. The summed E-state index contributed by atoms with van der Waals surface area (Å²) in [7, 11) is 1.96. The molecule has 0 saturated heterocycles. The molecule has 2 aliphatic rings. The van der Waals surface area contributed by atoms with Crippen LogP contribution in [-0.4, -0.2) is 109 Å². The lowest BCUT2D eigenvalue weighted by Crippen LogP contribution is -2.48. The highest BCUT2D eigenvalue weighted by molar-refractivity contribution is 6.00. The summed E-state index contributed by atoms with van der Waals surface area (Å²) in [5.74, 6) is 1.59. The van der Waals surface area contributed by atoms with Gasteiger partial charge in [0.1, 0.15) is 22.4 Å². The minimum absolute atomic E-state index is 0.0644. The highest BCUT2D eigenvalue weighted by atomic mass is 16.6. The number of nitrogens with one attached hydrogen (secondary N) is 2. The molecular weight excluding hydrogens is 843 g/mol. The van der Waals surface area contributed by atoms with Crippen molar-refractivity contribution in [3.63, 3.8) is 0 Å². The van der Waals surface area contributed by atoms with E-state index in [1.807, 2.05) is 21.4 Å². The molecule has 0 bridgehead atoms. The number of alkyl carbamates (subject to hydrolysis) is 2. The molecule has 0 radical (unpaired) electrons. The standard InChI is InChI=1S/C49H67N9O8/c1-30-28-34(32-20-24-57(25-21-32)40(50-42(59)63-46(3,4)5)51-43(60)64-47(6,7)8)16-18-36(30)38-54-55-39(56(38)15)37-19-17-35(29-31(37)2)33-22-26-58(27-23-33)41(52-44(61)65-48(9,10)11)53-45(62)66-49(12,13)14/h16-20,22,28-29H,21,23-27H2,1-15H3,(H,50,51,59,60)(H,52,53,61,62). The van der Waals surface area contributed by atoms with Crippen LogP contribution in [-0.2, 0) is 26.0 Å². The van der Waals surface area contributed by atoms with Gasteiger partial charge < -0.3 is 33.3 Å². The molecule has 0 aliphatic carbocycles. The van der Waals surface area contributed by atoms with Gasteiger partial charge in [0, 0.05) is 44.4 Å². The summed E-state index contributed by atoms with van der Waals surface area (Å²) < 4.78 is 23.7. The predicted molar refractivity (Wildman–Crippen MR) is 256 cm³/mol. The van der Waals surface area contributed by atoms with Crippen molar-refractivity contribution in [2.75, 3.05) is 26.2 Å². The molecule has 0 fully saturated rings. The molecule has 5 rings (SSSR count). The lowest BCUT2D eigenvalue weighted by Gasteiger charge is -2.30. The maximum absolute atomic E-state index is 12.7. The summed E-state index contributed by atoms with van der Waals surface area (Å²) in [5.41, 5.74) is 5.34. The summed E-state index contributed by atoms with van der Waals surface area (Å²) in [6.07, 6.45) is 2.35. The Morgan fingerprint density at radius 3 is 1.20 bits per heavy atom. The zero-order valence-electron chi connectivity index (χ0n) is 41.3. The van der Waals surface area contributed by atoms with Crippen LogP contribution >= 0.6 is 0 Å². The molecule has 2 aromatic carbocycles. The van der Waals surface area contributed by atoms with Crippen molar-refractivity contribution < 1.29 is 38.1 Å². The van der Waals surface area contributed by atoms with Crippen LogP contribution in [0.4, 0.5) is 19.2 Å². The van der Waals surface area contributed by atoms with Gasteiger partial charge in [-0.1, -0.05) is 48.6 Å². The Hall–Kier alpha value is -6.52. The van der Waals surface area contributed by atoms with E-state index in [2.05, 4.69) is 93.2 Å². The Kier molecular flexibility index (Phi) is 15.2. The quantitative estimate of drug-likeness (QED) is 0.143. The lowest BCUT2D eigenvalue weighted by atomic mass is 9.95. The van der Waals surface area contributed by atoms with E-state index in [0.29, 0.717) is 39.0 Å². The Bertz CT molecular complexity index is 2290. The minimum Gasteiger partial charge on any atom is -0.444 e. The average molecular weight is 910 g/mol. The fourth-order valence-corrected chi connectivity index (χ4v) is 7.16. The van der Waals surface area contributed by atoms with Gasteiger partial charge in [-0.05, 0) is 143 Å². The molecule has 66 heavy (non-hydrogen) atoms. The van der Waals surface area contributed by atoms with Crippen molar-refractivity contribution >= 4 is 47.4 Å². The largest absolute Gasteiger partial charge is 0.444 e. The number of hydrogen-bond donors (Lipinski definition) is 2. The molecule has 0 atom stereocenters. The maximum atomic E-state index is 12.7. The number of amides is 4. The number of aryl methyl sites for hydroxylation is 2. The van der Waals surface area contributed by atoms with Crippen LogP contribution in [0, 0.1) is 13.8 Å². The summed E-state index contributed by atoms with van der Waals surface area (Å²) in [6, 6.07) is 12.6. The van der Waals surface area contributed by atoms with E-state index >= 15 is 0 Å². The van der Waals surface area contributed by atoms with Gasteiger partial charge in [-0.15, -0.1) is 20.2 Å². The van der Waals surface area contributed by atoms with Crippen LogP contribution in [0.3, 0.4) is 0 Å². The third-order valence-electron chi connectivity index (χ3n) is 9.98.